The number of aliphatic hydroxyl groups is 1. The Kier molecular flexibility index (Phi) is 11.9. The summed E-state index contributed by atoms with van der Waals surface area (Å²) in [4.78, 5) is 39.2. The molecule has 0 aromatic heterocycles. The van der Waals surface area contributed by atoms with Gasteiger partial charge in [-0.25, -0.2) is 8.78 Å². The molecule has 0 unspecified atom stereocenters. The molecule has 1 N–H and O–H groups in total. The molecular formula is C40H62F2O7. The van der Waals surface area contributed by atoms with Crippen molar-refractivity contribution in [1.29, 1.82) is 0 Å². The molecule has 1 aliphatic heterocycles. The molecule has 1 heterocycles. The number of hydrogen-bond acceptors (Lipinski definition) is 7. The molecule has 49 heavy (non-hydrogen) atoms. The highest BCUT2D eigenvalue weighted by atomic mass is 19.1. The van der Waals surface area contributed by atoms with Gasteiger partial charge >= 0.3 is 5.97 Å². The van der Waals surface area contributed by atoms with Gasteiger partial charge in [-0.3, -0.25) is 14.4 Å². The molecule has 0 aromatic rings. The molecule has 4 fully saturated rings. The van der Waals surface area contributed by atoms with Gasteiger partial charge in [-0.2, -0.15) is 0 Å². The molecule has 1 saturated heterocycles. The van der Waals surface area contributed by atoms with Gasteiger partial charge in [0.25, 0.3) is 0 Å². The van der Waals surface area contributed by atoms with Gasteiger partial charge in [0, 0.05) is 29.6 Å². The zero-order valence-electron chi connectivity index (χ0n) is 30.8. The Morgan fingerprint density at radius 2 is 1.51 bits per heavy atom. The zero-order chi connectivity index (χ0) is 35.7. The van der Waals surface area contributed by atoms with Crippen LogP contribution in [0, 0.1) is 22.7 Å². The van der Waals surface area contributed by atoms with Gasteiger partial charge < -0.3 is 19.3 Å². The molecule has 9 atom stereocenters. The van der Waals surface area contributed by atoms with E-state index >= 15 is 8.78 Å². The highest BCUT2D eigenvalue weighted by Crippen LogP contribution is 2.73. The third-order valence-corrected chi connectivity index (χ3v) is 13.3. The fourth-order valence-corrected chi connectivity index (χ4v) is 10.8. The Labute approximate surface area is 292 Å². The van der Waals surface area contributed by atoms with E-state index in [1.165, 1.54) is 63.9 Å². The minimum absolute atomic E-state index is 0.0932. The zero-order valence-corrected chi connectivity index (χ0v) is 30.8. The minimum Gasteiger partial charge on any atom is -0.458 e. The van der Waals surface area contributed by atoms with E-state index in [4.69, 9.17) is 14.2 Å². The van der Waals surface area contributed by atoms with Crippen LogP contribution in [0.25, 0.3) is 0 Å². The van der Waals surface area contributed by atoms with Gasteiger partial charge in [0.1, 0.15) is 11.8 Å². The highest BCUT2D eigenvalue weighted by Gasteiger charge is 2.80. The Hall–Kier alpha value is -1.71. The quantitative estimate of drug-likeness (QED) is 0.120. The number of esters is 1. The summed E-state index contributed by atoms with van der Waals surface area (Å²) >= 11 is 0. The number of alkyl halides is 2. The number of aliphatic hydroxyl groups excluding tert-OH is 1. The summed E-state index contributed by atoms with van der Waals surface area (Å²) in [5, 5.41) is 11.7. The summed E-state index contributed by atoms with van der Waals surface area (Å²) in [6, 6.07) is 0. The van der Waals surface area contributed by atoms with Crippen molar-refractivity contribution in [1.82, 2.24) is 0 Å². The second kappa shape index (κ2) is 15.1. The molecule has 0 bridgehead atoms. The monoisotopic (exact) mass is 692 g/mol. The lowest BCUT2D eigenvalue weighted by Crippen LogP contribution is -2.71. The summed E-state index contributed by atoms with van der Waals surface area (Å²) in [5.74, 6) is -3.73. The fraction of sp³-hybridized carbons (Fsp3) is 0.875. The predicted octanol–water partition coefficient (Wildman–Crippen LogP) is 8.62. The smallest absolute Gasteiger partial charge is 0.306 e. The summed E-state index contributed by atoms with van der Waals surface area (Å²) in [6.07, 6.45) is 13.4. The molecule has 278 valence electrons. The second-order valence-electron chi connectivity index (χ2n) is 16.9. The van der Waals surface area contributed by atoms with Gasteiger partial charge in [-0.1, -0.05) is 97.8 Å². The lowest BCUT2D eigenvalue weighted by molar-refractivity contribution is -0.254. The van der Waals surface area contributed by atoms with Crippen LogP contribution in [0.5, 0.6) is 0 Å². The van der Waals surface area contributed by atoms with Gasteiger partial charge in [0.05, 0.1) is 12.2 Å². The van der Waals surface area contributed by atoms with Crippen LogP contribution in [0.1, 0.15) is 157 Å². The number of rotatable bonds is 17. The number of carbonyl (C=O) groups excluding carboxylic acids is 3. The van der Waals surface area contributed by atoms with E-state index in [9.17, 15) is 19.5 Å². The molecular weight excluding hydrogens is 630 g/mol. The van der Waals surface area contributed by atoms with Crippen LogP contribution in [0.2, 0.25) is 0 Å². The van der Waals surface area contributed by atoms with E-state index in [1.54, 1.807) is 20.8 Å². The highest BCUT2D eigenvalue weighted by molar-refractivity contribution is 5.93. The molecule has 0 amide bonds. The summed E-state index contributed by atoms with van der Waals surface area (Å²) < 4.78 is 51.9. The first-order valence-electron chi connectivity index (χ1n) is 19.5. The van der Waals surface area contributed by atoms with E-state index in [-0.39, 0.29) is 49.9 Å². The number of Topliss-reactive ketones (excluding diaryl/α,β-unsaturated/α-hetero) is 1. The number of halogens is 2. The molecule has 5 rings (SSSR count). The van der Waals surface area contributed by atoms with Gasteiger partial charge in [-0.15, -0.1) is 0 Å². The number of unbranched alkanes of at least 4 members (excludes halogenated alkanes) is 12. The topological polar surface area (TPSA) is 99.1 Å². The molecule has 9 heteroatoms. The third kappa shape index (κ3) is 6.95. The van der Waals surface area contributed by atoms with Crippen molar-refractivity contribution in [3.05, 3.63) is 11.6 Å². The Bertz CT molecular complexity index is 1250. The van der Waals surface area contributed by atoms with Crippen molar-refractivity contribution in [2.45, 2.75) is 192 Å². The first-order chi connectivity index (χ1) is 23.2. The van der Waals surface area contributed by atoms with Crippen LogP contribution >= 0.6 is 0 Å². The van der Waals surface area contributed by atoms with Crippen molar-refractivity contribution in [3.8, 4) is 0 Å². The Morgan fingerprint density at radius 1 is 0.918 bits per heavy atom. The maximum atomic E-state index is 17.7. The number of carbonyl (C=O) groups is 3. The van der Waals surface area contributed by atoms with Gasteiger partial charge in [-0.05, 0) is 63.5 Å². The van der Waals surface area contributed by atoms with Crippen LogP contribution < -0.4 is 0 Å². The molecule has 4 aliphatic carbocycles. The molecule has 3 saturated carbocycles. The summed E-state index contributed by atoms with van der Waals surface area (Å²) in [5.41, 5.74) is -6.09. The number of fused-ring (bicyclic) bond motifs is 7. The number of ether oxygens (including phenoxy) is 3. The van der Waals surface area contributed by atoms with Crippen LogP contribution in [0.3, 0.4) is 0 Å². The van der Waals surface area contributed by atoms with Crippen LogP contribution in [-0.2, 0) is 28.6 Å². The normalized spacial score (nSPS) is 39.1. The molecule has 0 aromatic carbocycles. The molecule has 0 spiro atoms. The van der Waals surface area contributed by atoms with Gasteiger partial charge in [0.15, 0.2) is 23.8 Å². The van der Waals surface area contributed by atoms with E-state index in [0.29, 0.717) is 6.42 Å². The number of hydrogen-bond donors (Lipinski definition) is 1. The van der Waals surface area contributed by atoms with Crippen LogP contribution in [0.15, 0.2) is 11.6 Å². The lowest BCUT2D eigenvalue weighted by atomic mass is 9.43. The summed E-state index contributed by atoms with van der Waals surface area (Å²) in [6.45, 7) is 8.63. The largest absolute Gasteiger partial charge is 0.458 e. The average Bonchev–Trinajstić information content (AvgIpc) is 3.46. The molecule has 7 nitrogen and oxygen atoms in total. The Morgan fingerprint density at radius 3 is 2.12 bits per heavy atom. The van der Waals surface area contributed by atoms with Crippen molar-refractivity contribution in [2.75, 3.05) is 6.61 Å². The van der Waals surface area contributed by atoms with E-state index in [2.05, 4.69) is 6.92 Å². The predicted molar refractivity (Wildman–Crippen MR) is 183 cm³/mol. The number of ketones is 2. The summed E-state index contributed by atoms with van der Waals surface area (Å²) in [7, 11) is 0. The molecule has 0 radical (unpaired) electrons. The fourth-order valence-electron chi connectivity index (χ4n) is 10.8. The number of allylic oxidation sites excluding steroid dienone is 1. The second-order valence-corrected chi connectivity index (χ2v) is 16.9. The maximum Gasteiger partial charge on any atom is 0.306 e. The van der Waals surface area contributed by atoms with Gasteiger partial charge in [0.2, 0.25) is 5.78 Å². The van der Waals surface area contributed by atoms with Crippen molar-refractivity contribution in [3.63, 3.8) is 0 Å². The minimum atomic E-state index is -2.19. The van der Waals surface area contributed by atoms with Crippen LogP contribution in [-0.4, -0.2) is 64.7 Å². The first-order valence-corrected chi connectivity index (χ1v) is 19.5. The van der Waals surface area contributed by atoms with E-state index in [0.717, 1.165) is 19.3 Å². The SMILES string of the molecule is CCCCCCCCCCCCCCCC(=O)OCC(=O)[C@@]12OC(C)(C)O[C@@H]1C[C@H]1[C@@H]3C[C@H](F)C4=CC(=O)CC[C@]4(C)[C@@]3(F)[C@@H](O)C[C@@]12C. The van der Waals surface area contributed by atoms with Crippen molar-refractivity contribution in [2.24, 2.45) is 22.7 Å². The Balaban J connectivity index is 1.17. The first kappa shape index (κ1) is 38.5. The van der Waals surface area contributed by atoms with Crippen molar-refractivity contribution >= 4 is 17.5 Å². The van der Waals surface area contributed by atoms with Crippen LogP contribution in [0.4, 0.5) is 8.78 Å². The van der Waals surface area contributed by atoms with Crippen molar-refractivity contribution < 1.29 is 42.5 Å². The van der Waals surface area contributed by atoms with E-state index < -0.39 is 76.5 Å². The molecule has 5 aliphatic rings. The lowest BCUT2D eigenvalue weighted by Gasteiger charge is -2.64. The standard InChI is InChI=1S/C40H62F2O7/c1-6-7-8-9-10-11-12-13-14-15-16-17-18-19-35(46)47-26-33(45)40-34(48-36(2,3)49-40)24-28-29-23-31(41)30-22-27(43)20-21-37(30,4)39(29,42)32(44)25-38(28,40)5/h22,28-29,31-32,34,44H,6-21,23-26H2,1-5H3/t28-,29-,31-,32-,34+,37-,38-,39-,40+/m0/s1. The average molecular weight is 693 g/mol. The van der Waals surface area contributed by atoms with E-state index in [1.807, 2.05) is 6.92 Å². The maximum absolute atomic E-state index is 17.7. The third-order valence-electron chi connectivity index (χ3n) is 13.3.